The van der Waals surface area contributed by atoms with E-state index in [1.54, 1.807) is 6.92 Å². The van der Waals surface area contributed by atoms with Crippen LogP contribution in [0.1, 0.15) is 27.7 Å². The Kier molecular flexibility index (Phi) is 6.42. The summed E-state index contributed by atoms with van der Waals surface area (Å²) >= 11 is 6.05. The van der Waals surface area contributed by atoms with Crippen LogP contribution in [0.3, 0.4) is 0 Å². The van der Waals surface area contributed by atoms with Gasteiger partial charge in [0.25, 0.3) is 0 Å². The van der Waals surface area contributed by atoms with Crippen molar-refractivity contribution in [1.82, 2.24) is 0 Å². The Morgan fingerprint density at radius 3 is 2.00 bits per heavy atom. The van der Waals surface area contributed by atoms with Crippen LogP contribution in [0.15, 0.2) is 0 Å². The summed E-state index contributed by atoms with van der Waals surface area (Å²) in [7, 11) is 0. The van der Waals surface area contributed by atoms with Crippen LogP contribution in [-0.2, 0) is 33.3 Å². The normalized spacial score (nSPS) is 32.1. The van der Waals surface area contributed by atoms with Gasteiger partial charge in [0.15, 0.2) is 5.56 Å². The van der Waals surface area contributed by atoms with Gasteiger partial charge in [-0.15, -0.1) is 0 Å². The molecular formula is C13H19ClO7. The second-order valence-corrected chi connectivity index (χ2v) is 5.27. The van der Waals surface area contributed by atoms with Crippen molar-refractivity contribution in [2.24, 2.45) is 5.92 Å². The van der Waals surface area contributed by atoms with Gasteiger partial charge < -0.3 is 18.9 Å². The van der Waals surface area contributed by atoms with Crippen LogP contribution in [-0.4, -0.2) is 48.4 Å². The van der Waals surface area contributed by atoms with E-state index in [9.17, 15) is 14.4 Å². The third kappa shape index (κ3) is 5.17. The maximum Gasteiger partial charge on any atom is 0.303 e. The summed E-state index contributed by atoms with van der Waals surface area (Å²) in [5.74, 6) is -1.92. The Balaban J connectivity index is 2.86. The predicted octanol–water partition coefficient (Wildman–Crippen LogP) is 1.01. The molecule has 21 heavy (non-hydrogen) atoms. The van der Waals surface area contributed by atoms with Gasteiger partial charge in [-0.3, -0.25) is 14.4 Å². The lowest BCUT2D eigenvalue weighted by Gasteiger charge is -2.42. The first-order chi connectivity index (χ1) is 9.72. The molecule has 0 spiro atoms. The highest BCUT2D eigenvalue weighted by Gasteiger charge is 2.47. The summed E-state index contributed by atoms with van der Waals surface area (Å²) in [6, 6.07) is 0. The molecule has 0 aromatic rings. The van der Waals surface area contributed by atoms with Crippen molar-refractivity contribution in [3.8, 4) is 0 Å². The van der Waals surface area contributed by atoms with Gasteiger partial charge in [0, 0.05) is 26.7 Å². The maximum absolute atomic E-state index is 11.2. The highest BCUT2D eigenvalue weighted by atomic mass is 35.5. The highest BCUT2D eigenvalue weighted by Crippen LogP contribution is 2.32. The smallest absolute Gasteiger partial charge is 0.303 e. The van der Waals surface area contributed by atoms with Crippen LogP contribution < -0.4 is 0 Å². The maximum atomic E-state index is 11.2. The fourth-order valence-electron chi connectivity index (χ4n) is 2.15. The molecule has 5 atom stereocenters. The SMILES string of the molecule is CC(=O)OCC1OC(Cl)C(OC(C)=O)C(C)[C@H]1OC(C)=O. The summed E-state index contributed by atoms with van der Waals surface area (Å²) in [5, 5.41) is 0. The molecule has 1 saturated heterocycles. The molecular weight excluding hydrogens is 304 g/mol. The van der Waals surface area contributed by atoms with E-state index in [4.69, 9.17) is 30.5 Å². The van der Waals surface area contributed by atoms with Gasteiger partial charge in [-0.05, 0) is 0 Å². The first kappa shape index (κ1) is 17.7. The summed E-state index contributed by atoms with van der Waals surface area (Å²) in [6.45, 7) is 5.38. The summed E-state index contributed by atoms with van der Waals surface area (Å²) < 4.78 is 20.7. The van der Waals surface area contributed by atoms with Gasteiger partial charge in [-0.2, -0.15) is 0 Å². The molecule has 1 fully saturated rings. The van der Waals surface area contributed by atoms with Crippen molar-refractivity contribution in [1.29, 1.82) is 0 Å². The monoisotopic (exact) mass is 322 g/mol. The molecule has 0 saturated carbocycles. The van der Waals surface area contributed by atoms with Crippen molar-refractivity contribution < 1.29 is 33.3 Å². The number of ether oxygens (including phenoxy) is 4. The van der Waals surface area contributed by atoms with Gasteiger partial charge >= 0.3 is 17.9 Å². The van der Waals surface area contributed by atoms with Crippen molar-refractivity contribution in [3.63, 3.8) is 0 Å². The van der Waals surface area contributed by atoms with Crippen LogP contribution >= 0.6 is 11.6 Å². The molecule has 0 N–H and O–H groups in total. The lowest BCUT2D eigenvalue weighted by Crippen LogP contribution is -2.55. The molecule has 8 heteroatoms. The summed E-state index contributed by atoms with van der Waals surface area (Å²) in [5.41, 5.74) is -0.920. The second-order valence-electron chi connectivity index (χ2n) is 4.84. The second kappa shape index (κ2) is 7.61. The first-order valence-corrected chi connectivity index (χ1v) is 6.93. The highest BCUT2D eigenvalue weighted by molar-refractivity contribution is 6.20. The van der Waals surface area contributed by atoms with E-state index in [0.29, 0.717) is 0 Å². The molecule has 0 aromatic heterocycles. The van der Waals surface area contributed by atoms with E-state index in [2.05, 4.69) is 0 Å². The molecule has 0 bridgehead atoms. The molecule has 1 rings (SSSR count). The Labute approximate surface area is 127 Å². The minimum absolute atomic E-state index is 0.104. The van der Waals surface area contributed by atoms with Crippen molar-refractivity contribution in [2.45, 2.75) is 51.6 Å². The number of halogens is 1. The zero-order valence-electron chi connectivity index (χ0n) is 12.3. The lowest BCUT2D eigenvalue weighted by molar-refractivity contribution is -0.213. The van der Waals surface area contributed by atoms with Crippen LogP contribution in [0.25, 0.3) is 0 Å². The number of carbonyl (C=O) groups is 3. The molecule has 7 nitrogen and oxygen atoms in total. The standard InChI is InChI=1S/C13H19ClO7/c1-6-11(19-8(3)16)10(5-18-7(2)15)21-13(14)12(6)20-9(4)17/h6,10-13H,5H2,1-4H3/t6?,10?,11-,12?,13?/m1/s1. The third-order valence-electron chi connectivity index (χ3n) is 3.02. The average Bonchev–Trinajstić information content (AvgIpc) is 2.35. The van der Waals surface area contributed by atoms with E-state index < -0.39 is 47.7 Å². The van der Waals surface area contributed by atoms with E-state index in [1.807, 2.05) is 0 Å². The molecule has 1 aliphatic rings. The van der Waals surface area contributed by atoms with Crippen LogP contribution in [0.5, 0.6) is 0 Å². The van der Waals surface area contributed by atoms with Gasteiger partial charge in [0.05, 0.1) is 0 Å². The number of hydrogen-bond donors (Lipinski definition) is 0. The Bertz CT molecular complexity index is 409. The third-order valence-corrected chi connectivity index (χ3v) is 3.37. The number of hydrogen-bond acceptors (Lipinski definition) is 7. The van der Waals surface area contributed by atoms with Gasteiger partial charge in [0.1, 0.15) is 24.9 Å². The molecule has 120 valence electrons. The Morgan fingerprint density at radius 1 is 1.00 bits per heavy atom. The first-order valence-electron chi connectivity index (χ1n) is 6.49. The molecule has 0 aromatic carbocycles. The van der Waals surface area contributed by atoms with E-state index in [1.165, 1.54) is 20.8 Å². The van der Waals surface area contributed by atoms with Gasteiger partial charge in [-0.25, -0.2) is 0 Å². The minimum Gasteiger partial charge on any atom is -0.463 e. The van der Waals surface area contributed by atoms with Gasteiger partial charge in [-0.1, -0.05) is 18.5 Å². The largest absolute Gasteiger partial charge is 0.463 e. The molecule has 4 unspecified atom stereocenters. The fourth-order valence-corrected chi connectivity index (χ4v) is 2.56. The van der Waals surface area contributed by atoms with Crippen molar-refractivity contribution >= 4 is 29.5 Å². The number of alkyl halides is 1. The lowest BCUT2D eigenvalue weighted by atomic mass is 9.91. The van der Waals surface area contributed by atoms with Crippen LogP contribution in [0, 0.1) is 5.92 Å². The topological polar surface area (TPSA) is 88.1 Å². The van der Waals surface area contributed by atoms with Crippen LogP contribution in [0.2, 0.25) is 0 Å². The summed E-state index contributed by atoms with van der Waals surface area (Å²) in [4.78, 5) is 33.2. The van der Waals surface area contributed by atoms with Crippen molar-refractivity contribution in [2.75, 3.05) is 6.61 Å². The van der Waals surface area contributed by atoms with E-state index >= 15 is 0 Å². The minimum atomic E-state index is -0.920. The predicted molar refractivity (Wildman–Crippen MR) is 71.4 cm³/mol. The van der Waals surface area contributed by atoms with E-state index in [-0.39, 0.29) is 6.61 Å². The molecule has 0 radical (unpaired) electrons. The summed E-state index contributed by atoms with van der Waals surface area (Å²) in [6.07, 6.45) is -2.22. The number of rotatable bonds is 4. The van der Waals surface area contributed by atoms with E-state index in [0.717, 1.165) is 0 Å². The Morgan fingerprint density at radius 2 is 1.52 bits per heavy atom. The average molecular weight is 323 g/mol. The Hall–Kier alpha value is -1.34. The van der Waals surface area contributed by atoms with Crippen LogP contribution in [0.4, 0.5) is 0 Å². The molecule has 1 aliphatic heterocycles. The number of esters is 3. The molecule has 0 aliphatic carbocycles. The zero-order valence-corrected chi connectivity index (χ0v) is 13.1. The fraction of sp³-hybridized carbons (Fsp3) is 0.769. The zero-order chi connectivity index (χ0) is 16.2. The number of carbonyl (C=O) groups excluding carboxylic acids is 3. The van der Waals surface area contributed by atoms with Gasteiger partial charge in [0.2, 0.25) is 0 Å². The van der Waals surface area contributed by atoms with Crippen molar-refractivity contribution in [3.05, 3.63) is 0 Å². The quantitative estimate of drug-likeness (QED) is 0.433. The molecule has 1 heterocycles. The molecule has 0 amide bonds.